The van der Waals surface area contributed by atoms with E-state index in [0.29, 0.717) is 12.1 Å². The van der Waals surface area contributed by atoms with Crippen molar-refractivity contribution in [3.63, 3.8) is 0 Å². The van der Waals surface area contributed by atoms with Gasteiger partial charge in [0.25, 0.3) is 0 Å². The molecule has 1 aromatic rings. The van der Waals surface area contributed by atoms with E-state index in [1.165, 1.54) is 4.90 Å². The molecule has 0 spiro atoms. The van der Waals surface area contributed by atoms with Crippen molar-refractivity contribution < 1.29 is 14.7 Å². The lowest BCUT2D eigenvalue weighted by atomic mass is 10.1. The fourth-order valence-electron chi connectivity index (χ4n) is 3.15. The third-order valence-corrected chi connectivity index (χ3v) is 4.13. The van der Waals surface area contributed by atoms with E-state index in [-0.39, 0.29) is 5.91 Å². The maximum absolute atomic E-state index is 12.6. The Morgan fingerprint density at radius 2 is 1.80 bits per heavy atom. The van der Waals surface area contributed by atoms with Crippen molar-refractivity contribution in [3.05, 3.63) is 29.8 Å². The number of para-hydroxylation sites is 1. The zero-order valence-electron chi connectivity index (χ0n) is 11.3. The Hall–Kier alpha value is -2.04. The molecule has 0 aliphatic carbocycles. The van der Waals surface area contributed by atoms with Gasteiger partial charge in [0.15, 0.2) is 0 Å². The van der Waals surface area contributed by atoms with Crippen LogP contribution in [0, 0.1) is 0 Å². The van der Waals surface area contributed by atoms with Gasteiger partial charge in [0.05, 0.1) is 5.69 Å². The van der Waals surface area contributed by atoms with Gasteiger partial charge in [-0.05, 0) is 30.9 Å². The van der Waals surface area contributed by atoms with Crippen molar-refractivity contribution in [3.8, 4) is 0 Å². The summed E-state index contributed by atoms with van der Waals surface area (Å²) in [6.07, 6.45) is 2.61. The number of nitrogens with zero attached hydrogens (tertiary/aromatic N) is 2. The van der Waals surface area contributed by atoms with Gasteiger partial charge in [-0.2, -0.15) is 0 Å². The lowest BCUT2D eigenvalue weighted by Crippen LogP contribution is -2.50. The number of carbonyl (C=O) groups is 2. The van der Waals surface area contributed by atoms with Crippen LogP contribution < -0.4 is 4.90 Å². The first kappa shape index (κ1) is 13.0. The number of amides is 2. The molecular weight excluding hydrogens is 256 g/mol. The molecule has 20 heavy (non-hydrogen) atoms. The van der Waals surface area contributed by atoms with E-state index in [2.05, 4.69) is 0 Å². The molecule has 3 rings (SSSR count). The maximum Gasteiger partial charge on any atom is 0.412 e. The van der Waals surface area contributed by atoms with Crippen LogP contribution in [0.2, 0.25) is 0 Å². The van der Waals surface area contributed by atoms with Crippen LogP contribution in [0.4, 0.5) is 10.5 Å². The molecule has 1 unspecified atom stereocenters. The third kappa shape index (κ3) is 2.13. The second kappa shape index (κ2) is 5.15. The number of hydrogen-bond acceptors (Lipinski definition) is 2. The number of carboxylic acid groups (broad SMARTS) is 1. The summed E-state index contributed by atoms with van der Waals surface area (Å²) in [5, 5.41) is 9.43. The predicted molar refractivity (Wildman–Crippen MR) is 74.9 cm³/mol. The monoisotopic (exact) mass is 274 g/mol. The summed E-state index contributed by atoms with van der Waals surface area (Å²) in [7, 11) is 0. The van der Waals surface area contributed by atoms with Crippen LogP contribution in [0.1, 0.15) is 24.8 Å². The van der Waals surface area contributed by atoms with Gasteiger partial charge >= 0.3 is 6.09 Å². The average molecular weight is 274 g/mol. The van der Waals surface area contributed by atoms with E-state index in [9.17, 15) is 14.7 Å². The normalized spacial score (nSPS) is 21.7. The van der Waals surface area contributed by atoms with Crippen molar-refractivity contribution in [1.82, 2.24) is 4.90 Å². The number of likely N-dealkylation sites (tertiary alicyclic amines) is 1. The van der Waals surface area contributed by atoms with Crippen LogP contribution in [-0.4, -0.2) is 41.1 Å². The maximum atomic E-state index is 12.6. The quantitative estimate of drug-likeness (QED) is 0.853. The molecule has 2 aliphatic rings. The molecular formula is C15H18N2O3. The summed E-state index contributed by atoms with van der Waals surface area (Å²) in [4.78, 5) is 27.2. The van der Waals surface area contributed by atoms with Gasteiger partial charge in [0.1, 0.15) is 6.04 Å². The largest absolute Gasteiger partial charge is 0.465 e. The van der Waals surface area contributed by atoms with Crippen molar-refractivity contribution >= 4 is 17.7 Å². The summed E-state index contributed by atoms with van der Waals surface area (Å²) in [5.74, 6) is -0.0525. The number of rotatable bonds is 1. The van der Waals surface area contributed by atoms with Crippen LogP contribution in [0.15, 0.2) is 24.3 Å². The highest BCUT2D eigenvalue weighted by atomic mass is 16.4. The molecule has 106 valence electrons. The van der Waals surface area contributed by atoms with Crippen LogP contribution >= 0.6 is 0 Å². The lowest BCUT2D eigenvalue weighted by Gasteiger charge is -2.31. The Balaban J connectivity index is 1.86. The molecule has 1 aromatic carbocycles. The minimum absolute atomic E-state index is 0.0525. The molecule has 2 heterocycles. The SMILES string of the molecule is O=C(C1Cc2ccccc2N1C(=O)O)N1CCCCC1. The number of anilines is 1. The first-order valence-corrected chi connectivity index (χ1v) is 7.07. The van der Waals surface area contributed by atoms with E-state index >= 15 is 0 Å². The second-order valence-corrected chi connectivity index (χ2v) is 5.39. The smallest absolute Gasteiger partial charge is 0.412 e. The van der Waals surface area contributed by atoms with Gasteiger partial charge in [-0.3, -0.25) is 9.69 Å². The summed E-state index contributed by atoms with van der Waals surface area (Å²) in [6.45, 7) is 1.50. The van der Waals surface area contributed by atoms with Gasteiger partial charge in [0.2, 0.25) is 5.91 Å². The van der Waals surface area contributed by atoms with Crippen LogP contribution in [-0.2, 0) is 11.2 Å². The number of hydrogen-bond donors (Lipinski definition) is 1. The predicted octanol–water partition coefficient (Wildman–Crippen LogP) is 2.11. The minimum Gasteiger partial charge on any atom is -0.465 e. The third-order valence-electron chi connectivity index (χ3n) is 4.13. The molecule has 0 bridgehead atoms. The Bertz CT molecular complexity index is 538. The van der Waals surface area contributed by atoms with Crippen molar-refractivity contribution in [2.75, 3.05) is 18.0 Å². The Morgan fingerprint density at radius 1 is 1.10 bits per heavy atom. The van der Waals surface area contributed by atoms with Gasteiger partial charge in [-0.1, -0.05) is 18.2 Å². The van der Waals surface area contributed by atoms with Gasteiger partial charge in [-0.15, -0.1) is 0 Å². The summed E-state index contributed by atoms with van der Waals surface area (Å²) in [6, 6.07) is 6.76. The summed E-state index contributed by atoms with van der Waals surface area (Å²) < 4.78 is 0. The van der Waals surface area contributed by atoms with E-state index in [1.54, 1.807) is 6.07 Å². The number of piperidine rings is 1. The highest BCUT2D eigenvalue weighted by Gasteiger charge is 2.40. The van der Waals surface area contributed by atoms with E-state index in [0.717, 1.165) is 37.9 Å². The van der Waals surface area contributed by atoms with Crippen molar-refractivity contribution in [2.24, 2.45) is 0 Å². The summed E-state index contributed by atoms with van der Waals surface area (Å²) in [5.41, 5.74) is 1.58. The van der Waals surface area contributed by atoms with Gasteiger partial charge in [-0.25, -0.2) is 4.79 Å². The minimum atomic E-state index is -1.05. The molecule has 1 saturated heterocycles. The molecule has 0 aromatic heterocycles. The molecule has 1 fully saturated rings. The lowest BCUT2D eigenvalue weighted by molar-refractivity contribution is -0.133. The fraction of sp³-hybridized carbons (Fsp3) is 0.467. The number of carbonyl (C=O) groups excluding carboxylic acids is 1. The zero-order chi connectivity index (χ0) is 14.1. The van der Waals surface area contributed by atoms with Crippen LogP contribution in [0.3, 0.4) is 0 Å². The van der Waals surface area contributed by atoms with Crippen LogP contribution in [0.5, 0.6) is 0 Å². The number of fused-ring (bicyclic) bond motifs is 1. The Kier molecular flexibility index (Phi) is 3.34. The topological polar surface area (TPSA) is 60.9 Å². The number of benzene rings is 1. The van der Waals surface area contributed by atoms with Gasteiger partial charge < -0.3 is 10.0 Å². The molecule has 5 nitrogen and oxygen atoms in total. The average Bonchev–Trinajstić information content (AvgIpc) is 2.86. The van der Waals surface area contributed by atoms with E-state index in [1.807, 2.05) is 23.1 Å². The highest BCUT2D eigenvalue weighted by Crippen LogP contribution is 2.33. The standard InChI is InChI=1S/C15H18N2O3/c18-14(16-8-4-1-5-9-16)13-10-11-6-2-3-7-12(11)17(13)15(19)20/h2-3,6-7,13H,1,4-5,8-10H2,(H,19,20). The molecule has 5 heteroatoms. The Morgan fingerprint density at radius 3 is 2.50 bits per heavy atom. The van der Waals surface area contributed by atoms with E-state index < -0.39 is 12.1 Å². The van der Waals surface area contributed by atoms with Crippen LogP contribution in [0.25, 0.3) is 0 Å². The van der Waals surface area contributed by atoms with Gasteiger partial charge in [0, 0.05) is 19.5 Å². The molecule has 0 radical (unpaired) electrons. The summed E-state index contributed by atoms with van der Waals surface area (Å²) >= 11 is 0. The first-order valence-electron chi connectivity index (χ1n) is 7.07. The molecule has 1 N–H and O–H groups in total. The first-order chi connectivity index (χ1) is 9.68. The van der Waals surface area contributed by atoms with Crippen molar-refractivity contribution in [2.45, 2.75) is 31.7 Å². The highest BCUT2D eigenvalue weighted by molar-refractivity contribution is 5.99. The Labute approximate surface area is 117 Å². The molecule has 2 aliphatic heterocycles. The fourth-order valence-corrected chi connectivity index (χ4v) is 3.15. The molecule has 1 atom stereocenters. The molecule has 0 saturated carbocycles. The van der Waals surface area contributed by atoms with E-state index in [4.69, 9.17) is 0 Å². The van der Waals surface area contributed by atoms with Crippen molar-refractivity contribution in [1.29, 1.82) is 0 Å². The zero-order valence-corrected chi connectivity index (χ0v) is 11.3. The second-order valence-electron chi connectivity index (χ2n) is 5.39. The molecule has 2 amide bonds.